The van der Waals surface area contributed by atoms with Crippen LogP contribution in [0.15, 0.2) is 88.7 Å². The summed E-state index contributed by atoms with van der Waals surface area (Å²) in [5.41, 5.74) is 2.41. The number of anilines is 1. The van der Waals surface area contributed by atoms with Gasteiger partial charge in [-0.2, -0.15) is 0 Å². The molecule has 0 heterocycles. The Kier molecular flexibility index (Phi) is 7.41. The second-order valence-corrected chi connectivity index (χ2v) is 9.96. The zero-order chi connectivity index (χ0) is 22.4. The van der Waals surface area contributed by atoms with Gasteiger partial charge in [0.1, 0.15) is 6.54 Å². The predicted molar refractivity (Wildman–Crippen MR) is 127 cm³/mol. The maximum absolute atomic E-state index is 13.4. The van der Waals surface area contributed by atoms with E-state index in [9.17, 15) is 13.2 Å². The first-order valence-electron chi connectivity index (χ1n) is 9.89. The van der Waals surface area contributed by atoms with Crippen LogP contribution in [-0.4, -0.2) is 27.1 Å². The van der Waals surface area contributed by atoms with Crippen LogP contribution in [-0.2, 0) is 14.8 Å². The maximum Gasteiger partial charge on any atom is 0.264 e. The summed E-state index contributed by atoms with van der Waals surface area (Å²) in [7, 11) is -3.92. The van der Waals surface area contributed by atoms with Gasteiger partial charge in [0.25, 0.3) is 10.0 Å². The first kappa shape index (κ1) is 22.9. The van der Waals surface area contributed by atoms with Gasteiger partial charge < -0.3 is 5.32 Å². The van der Waals surface area contributed by atoms with Gasteiger partial charge in [-0.1, -0.05) is 48.0 Å². The Hall–Kier alpha value is -2.77. The lowest BCUT2D eigenvalue weighted by Crippen LogP contribution is -2.41. The SMILES string of the molecule is CSc1ccc(S(=O)(=O)N(CC(=O)NC(C)c2ccccc2)c2ccc(C)cc2)cc1. The number of aryl methyl sites for hydroxylation is 1. The molecule has 0 bridgehead atoms. The molecule has 3 rings (SSSR count). The maximum atomic E-state index is 13.4. The highest BCUT2D eigenvalue weighted by molar-refractivity contribution is 7.98. The van der Waals surface area contributed by atoms with Gasteiger partial charge in [-0.05, 0) is 62.1 Å². The van der Waals surface area contributed by atoms with E-state index in [2.05, 4.69) is 5.32 Å². The molecule has 0 aliphatic rings. The largest absolute Gasteiger partial charge is 0.348 e. The summed E-state index contributed by atoms with van der Waals surface area (Å²) in [5.74, 6) is -0.374. The number of rotatable bonds is 8. The second kappa shape index (κ2) is 10.0. The minimum atomic E-state index is -3.92. The van der Waals surface area contributed by atoms with Crippen LogP contribution in [0, 0.1) is 6.92 Å². The molecule has 7 heteroatoms. The molecule has 0 fully saturated rings. The average molecular weight is 455 g/mol. The summed E-state index contributed by atoms with van der Waals surface area (Å²) in [6, 6.07) is 23.1. The molecule has 1 amide bonds. The smallest absolute Gasteiger partial charge is 0.264 e. The third-order valence-electron chi connectivity index (χ3n) is 4.93. The first-order valence-corrected chi connectivity index (χ1v) is 12.6. The number of benzene rings is 3. The topological polar surface area (TPSA) is 66.5 Å². The van der Waals surface area contributed by atoms with Gasteiger partial charge in [0.05, 0.1) is 16.6 Å². The summed E-state index contributed by atoms with van der Waals surface area (Å²) in [6.07, 6.45) is 1.93. The summed E-state index contributed by atoms with van der Waals surface area (Å²) in [6.45, 7) is 3.49. The third kappa shape index (κ3) is 5.68. The van der Waals surface area contributed by atoms with Crippen molar-refractivity contribution in [3.8, 4) is 0 Å². The van der Waals surface area contributed by atoms with Crippen LogP contribution < -0.4 is 9.62 Å². The minimum Gasteiger partial charge on any atom is -0.348 e. The van der Waals surface area contributed by atoms with Crippen molar-refractivity contribution in [1.29, 1.82) is 0 Å². The Bertz CT molecular complexity index is 1110. The summed E-state index contributed by atoms with van der Waals surface area (Å²) >= 11 is 1.54. The molecule has 5 nitrogen and oxygen atoms in total. The van der Waals surface area contributed by atoms with Crippen molar-refractivity contribution in [3.63, 3.8) is 0 Å². The van der Waals surface area contributed by atoms with Crippen LogP contribution in [0.5, 0.6) is 0 Å². The van der Waals surface area contributed by atoms with E-state index in [1.165, 1.54) is 11.8 Å². The van der Waals surface area contributed by atoms with Crippen LogP contribution in [0.1, 0.15) is 24.1 Å². The van der Waals surface area contributed by atoms with E-state index >= 15 is 0 Å². The molecule has 3 aromatic rings. The van der Waals surface area contributed by atoms with Gasteiger partial charge in [-0.3, -0.25) is 9.10 Å². The Labute approximate surface area is 188 Å². The highest BCUT2D eigenvalue weighted by atomic mass is 32.2. The molecule has 0 radical (unpaired) electrons. The zero-order valence-electron chi connectivity index (χ0n) is 17.8. The van der Waals surface area contributed by atoms with Crippen molar-refractivity contribution in [2.45, 2.75) is 29.7 Å². The number of amides is 1. The predicted octanol–water partition coefficient (Wildman–Crippen LogP) is 4.79. The van der Waals surface area contributed by atoms with Crippen molar-refractivity contribution in [2.75, 3.05) is 17.1 Å². The normalized spacial score (nSPS) is 12.2. The van der Waals surface area contributed by atoms with Crippen molar-refractivity contribution in [1.82, 2.24) is 5.32 Å². The summed E-state index contributed by atoms with van der Waals surface area (Å²) in [5, 5.41) is 2.90. The zero-order valence-corrected chi connectivity index (χ0v) is 19.4. The van der Waals surface area contributed by atoms with E-state index < -0.39 is 10.0 Å². The van der Waals surface area contributed by atoms with Crippen molar-refractivity contribution in [3.05, 3.63) is 90.0 Å². The summed E-state index contributed by atoms with van der Waals surface area (Å²) in [4.78, 5) is 14.0. The first-order chi connectivity index (χ1) is 14.8. The number of carbonyl (C=O) groups excluding carboxylic acids is 1. The fourth-order valence-electron chi connectivity index (χ4n) is 3.14. The number of hydrogen-bond donors (Lipinski definition) is 1. The molecule has 0 spiro atoms. The van der Waals surface area contributed by atoms with Crippen molar-refractivity contribution >= 4 is 33.4 Å². The molecule has 162 valence electrons. The van der Waals surface area contributed by atoms with Crippen molar-refractivity contribution < 1.29 is 13.2 Å². The molecule has 0 saturated heterocycles. The quantitative estimate of drug-likeness (QED) is 0.497. The Morgan fingerprint density at radius 1 is 0.968 bits per heavy atom. The lowest BCUT2D eigenvalue weighted by Gasteiger charge is -2.25. The second-order valence-electron chi connectivity index (χ2n) is 7.22. The molecule has 0 aromatic heterocycles. The molecular formula is C24H26N2O3S2. The number of hydrogen-bond acceptors (Lipinski definition) is 4. The standard InChI is InChI=1S/C24H26N2O3S2/c1-18-9-11-21(12-10-18)26(31(28,29)23-15-13-22(30-3)14-16-23)17-24(27)25-19(2)20-7-5-4-6-8-20/h4-16,19H,17H2,1-3H3,(H,25,27). The van der Waals surface area contributed by atoms with Crippen molar-refractivity contribution in [2.24, 2.45) is 0 Å². The molecule has 0 aliphatic heterocycles. The highest BCUT2D eigenvalue weighted by Crippen LogP contribution is 2.26. The lowest BCUT2D eigenvalue weighted by atomic mass is 10.1. The Morgan fingerprint density at radius 3 is 2.16 bits per heavy atom. The number of nitrogens with zero attached hydrogens (tertiary/aromatic N) is 1. The molecule has 1 unspecified atom stereocenters. The van der Waals surface area contributed by atoms with Gasteiger partial charge >= 0.3 is 0 Å². The minimum absolute atomic E-state index is 0.148. The van der Waals surface area contributed by atoms with E-state index in [0.29, 0.717) is 5.69 Å². The van der Waals surface area contributed by atoms with E-state index in [0.717, 1.165) is 20.3 Å². The molecular weight excluding hydrogens is 428 g/mol. The van der Waals surface area contributed by atoms with Crippen LogP contribution in [0.2, 0.25) is 0 Å². The third-order valence-corrected chi connectivity index (χ3v) is 7.47. The van der Waals surface area contributed by atoms with Gasteiger partial charge in [0.2, 0.25) is 5.91 Å². The molecule has 1 atom stereocenters. The van der Waals surface area contributed by atoms with Crippen LogP contribution >= 0.6 is 11.8 Å². The van der Waals surface area contributed by atoms with E-state index in [4.69, 9.17) is 0 Å². The monoisotopic (exact) mass is 454 g/mol. The van der Waals surface area contributed by atoms with Crippen LogP contribution in [0.4, 0.5) is 5.69 Å². The fraction of sp³-hybridized carbons (Fsp3) is 0.208. The molecule has 31 heavy (non-hydrogen) atoms. The van der Waals surface area contributed by atoms with Gasteiger partial charge in [-0.15, -0.1) is 11.8 Å². The molecule has 3 aromatic carbocycles. The summed E-state index contributed by atoms with van der Waals surface area (Å²) < 4.78 is 28.1. The number of sulfonamides is 1. The fourth-order valence-corrected chi connectivity index (χ4v) is 4.97. The van der Waals surface area contributed by atoms with Gasteiger partial charge in [0.15, 0.2) is 0 Å². The number of nitrogens with one attached hydrogen (secondary N) is 1. The highest BCUT2D eigenvalue weighted by Gasteiger charge is 2.27. The van der Waals surface area contributed by atoms with Crippen LogP contribution in [0.25, 0.3) is 0 Å². The van der Waals surface area contributed by atoms with Gasteiger partial charge in [0, 0.05) is 4.90 Å². The van der Waals surface area contributed by atoms with E-state index in [-0.39, 0.29) is 23.4 Å². The average Bonchev–Trinajstić information content (AvgIpc) is 2.78. The lowest BCUT2D eigenvalue weighted by molar-refractivity contribution is -0.120. The van der Waals surface area contributed by atoms with E-state index in [1.54, 1.807) is 36.4 Å². The van der Waals surface area contributed by atoms with E-state index in [1.807, 2.05) is 62.6 Å². The number of thioether (sulfide) groups is 1. The molecule has 1 N–H and O–H groups in total. The Balaban J connectivity index is 1.89. The number of carbonyl (C=O) groups is 1. The molecule has 0 saturated carbocycles. The molecule has 0 aliphatic carbocycles. The Morgan fingerprint density at radius 2 is 1.58 bits per heavy atom. The van der Waals surface area contributed by atoms with Crippen LogP contribution in [0.3, 0.4) is 0 Å². The van der Waals surface area contributed by atoms with Gasteiger partial charge in [-0.25, -0.2) is 8.42 Å².